The van der Waals surface area contributed by atoms with Crippen molar-refractivity contribution in [2.24, 2.45) is 4.99 Å². The Hall–Kier alpha value is -1.51. The Labute approximate surface area is 111 Å². The Kier molecular flexibility index (Phi) is 6.26. The first kappa shape index (κ1) is 14.6. The van der Waals surface area contributed by atoms with E-state index in [1.165, 1.54) is 16.7 Å². The highest BCUT2D eigenvalue weighted by atomic mass is 15.2. The zero-order chi connectivity index (χ0) is 13.4. The molecule has 3 nitrogen and oxygen atoms in total. The molecular formula is C15H25N3. The van der Waals surface area contributed by atoms with Gasteiger partial charge in [0.05, 0.1) is 0 Å². The Morgan fingerprint density at radius 1 is 1.17 bits per heavy atom. The van der Waals surface area contributed by atoms with Gasteiger partial charge in [-0.2, -0.15) is 0 Å². The molecule has 0 spiro atoms. The predicted molar refractivity (Wildman–Crippen MR) is 79.3 cm³/mol. The van der Waals surface area contributed by atoms with Crippen LogP contribution in [0.5, 0.6) is 0 Å². The van der Waals surface area contributed by atoms with Gasteiger partial charge in [-0.05, 0) is 37.8 Å². The number of hydrogen-bond donors (Lipinski definition) is 2. The van der Waals surface area contributed by atoms with Crippen molar-refractivity contribution in [2.45, 2.75) is 33.6 Å². The summed E-state index contributed by atoms with van der Waals surface area (Å²) in [4.78, 5) is 4.19. The Morgan fingerprint density at radius 2 is 1.89 bits per heavy atom. The highest BCUT2D eigenvalue weighted by Gasteiger charge is 2.00. The van der Waals surface area contributed by atoms with E-state index in [-0.39, 0.29) is 0 Å². The summed E-state index contributed by atoms with van der Waals surface area (Å²) in [5.74, 6) is 0.890. The van der Waals surface area contributed by atoms with Crippen LogP contribution >= 0.6 is 0 Å². The van der Waals surface area contributed by atoms with E-state index < -0.39 is 0 Å². The van der Waals surface area contributed by atoms with Gasteiger partial charge < -0.3 is 10.6 Å². The van der Waals surface area contributed by atoms with E-state index in [1.54, 1.807) is 0 Å². The zero-order valence-corrected chi connectivity index (χ0v) is 12.0. The van der Waals surface area contributed by atoms with Gasteiger partial charge in [0, 0.05) is 20.1 Å². The molecule has 0 aromatic heterocycles. The standard InChI is InChI=1S/C15H25N3/c1-5-9-17-15(16-4)18-10-8-14-7-6-12(2)11-13(14)3/h6-7,11H,5,8-10H2,1-4H3,(H2,16,17,18). The molecule has 100 valence electrons. The van der Waals surface area contributed by atoms with Gasteiger partial charge >= 0.3 is 0 Å². The molecule has 1 rings (SSSR count). The average molecular weight is 247 g/mol. The maximum absolute atomic E-state index is 4.19. The first-order chi connectivity index (χ1) is 8.67. The number of hydrogen-bond acceptors (Lipinski definition) is 1. The number of nitrogens with zero attached hydrogens (tertiary/aromatic N) is 1. The second-order valence-corrected chi connectivity index (χ2v) is 4.61. The summed E-state index contributed by atoms with van der Waals surface area (Å²) in [6.45, 7) is 8.32. The summed E-state index contributed by atoms with van der Waals surface area (Å²) in [5.41, 5.74) is 4.09. The predicted octanol–water partition coefficient (Wildman–Crippen LogP) is 2.42. The largest absolute Gasteiger partial charge is 0.356 e. The third-order valence-electron chi connectivity index (χ3n) is 2.95. The maximum atomic E-state index is 4.19. The normalized spacial score (nSPS) is 11.4. The van der Waals surface area contributed by atoms with E-state index in [2.05, 4.69) is 54.6 Å². The molecule has 0 saturated carbocycles. The summed E-state index contributed by atoms with van der Waals surface area (Å²) < 4.78 is 0. The minimum Gasteiger partial charge on any atom is -0.356 e. The second kappa shape index (κ2) is 7.75. The number of aliphatic imine (C=N–C) groups is 1. The van der Waals surface area contributed by atoms with Crippen molar-refractivity contribution >= 4 is 5.96 Å². The molecule has 0 aliphatic heterocycles. The molecule has 0 saturated heterocycles. The van der Waals surface area contributed by atoms with E-state index >= 15 is 0 Å². The van der Waals surface area contributed by atoms with E-state index in [4.69, 9.17) is 0 Å². The van der Waals surface area contributed by atoms with Gasteiger partial charge in [0.15, 0.2) is 5.96 Å². The fraction of sp³-hybridized carbons (Fsp3) is 0.533. The molecule has 0 radical (unpaired) electrons. The smallest absolute Gasteiger partial charge is 0.190 e. The lowest BCUT2D eigenvalue weighted by Gasteiger charge is -2.12. The van der Waals surface area contributed by atoms with E-state index in [1.807, 2.05) is 7.05 Å². The van der Waals surface area contributed by atoms with Crippen molar-refractivity contribution in [3.8, 4) is 0 Å². The molecule has 18 heavy (non-hydrogen) atoms. The van der Waals surface area contributed by atoms with Crippen molar-refractivity contribution in [1.82, 2.24) is 10.6 Å². The van der Waals surface area contributed by atoms with Crippen LogP contribution in [0.3, 0.4) is 0 Å². The highest BCUT2D eigenvalue weighted by molar-refractivity contribution is 5.79. The number of benzene rings is 1. The molecule has 2 N–H and O–H groups in total. The second-order valence-electron chi connectivity index (χ2n) is 4.61. The van der Waals surface area contributed by atoms with Crippen molar-refractivity contribution < 1.29 is 0 Å². The molecule has 1 aromatic rings. The van der Waals surface area contributed by atoms with Gasteiger partial charge in [-0.1, -0.05) is 30.7 Å². The van der Waals surface area contributed by atoms with Crippen LogP contribution in [0.15, 0.2) is 23.2 Å². The fourth-order valence-electron chi connectivity index (χ4n) is 1.91. The average Bonchev–Trinajstić information content (AvgIpc) is 2.36. The number of aryl methyl sites for hydroxylation is 2. The molecule has 0 unspecified atom stereocenters. The topological polar surface area (TPSA) is 36.4 Å². The molecule has 0 aliphatic carbocycles. The number of nitrogens with one attached hydrogen (secondary N) is 2. The third kappa shape index (κ3) is 4.78. The lowest BCUT2D eigenvalue weighted by molar-refractivity contribution is 0.772. The van der Waals surface area contributed by atoms with Crippen molar-refractivity contribution in [2.75, 3.05) is 20.1 Å². The third-order valence-corrected chi connectivity index (χ3v) is 2.95. The summed E-state index contributed by atoms with van der Waals surface area (Å²) in [6.07, 6.45) is 2.14. The van der Waals surface area contributed by atoms with Crippen molar-refractivity contribution in [1.29, 1.82) is 0 Å². The molecule has 3 heteroatoms. The van der Waals surface area contributed by atoms with Gasteiger partial charge in [0.25, 0.3) is 0 Å². The summed E-state index contributed by atoms with van der Waals surface area (Å²) in [5, 5.41) is 6.60. The van der Waals surface area contributed by atoms with Crippen molar-refractivity contribution in [3.63, 3.8) is 0 Å². The van der Waals surface area contributed by atoms with Crippen LogP contribution in [0, 0.1) is 13.8 Å². The van der Waals surface area contributed by atoms with E-state index in [0.717, 1.165) is 31.9 Å². The minimum absolute atomic E-state index is 0.890. The quantitative estimate of drug-likeness (QED) is 0.619. The number of guanidine groups is 1. The van der Waals surface area contributed by atoms with Gasteiger partial charge in [-0.3, -0.25) is 4.99 Å². The van der Waals surface area contributed by atoms with Crippen LogP contribution in [-0.4, -0.2) is 26.1 Å². The van der Waals surface area contributed by atoms with Crippen LogP contribution in [0.25, 0.3) is 0 Å². The first-order valence-corrected chi connectivity index (χ1v) is 6.68. The van der Waals surface area contributed by atoms with Crippen LogP contribution in [0.1, 0.15) is 30.0 Å². The Morgan fingerprint density at radius 3 is 2.50 bits per heavy atom. The summed E-state index contributed by atoms with van der Waals surface area (Å²) in [6, 6.07) is 6.63. The molecular weight excluding hydrogens is 222 g/mol. The zero-order valence-electron chi connectivity index (χ0n) is 12.0. The summed E-state index contributed by atoms with van der Waals surface area (Å²) in [7, 11) is 1.81. The highest BCUT2D eigenvalue weighted by Crippen LogP contribution is 2.10. The molecule has 0 aliphatic rings. The van der Waals surface area contributed by atoms with Gasteiger partial charge in [-0.25, -0.2) is 0 Å². The SMILES string of the molecule is CCCNC(=NC)NCCc1ccc(C)cc1C. The lowest BCUT2D eigenvalue weighted by Crippen LogP contribution is -2.38. The molecule has 0 amide bonds. The molecule has 1 aromatic carbocycles. The fourth-order valence-corrected chi connectivity index (χ4v) is 1.91. The monoisotopic (exact) mass is 247 g/mol. The van der Waals surface area contributed by atoms with Gasteiger partial charge in [0.1, 0.15) is 0 Å². The molecule has 0 heterocycles. The maximum Gasteiger partial charge on any atom is 0.190 e. The number of rotatable bonds is 5. The van der Waals surface area contributed by atoms with Crippen LogP contribution in [-0.2, 0) is 6.42 Å². The Balaban J connectivity index is 2.41. The van der Waals surface area contributed by atoms with Gasteiger partial charge in [-0.15, -0.1) is 0 Å². The van der Waals surface area contributed by atoms with Gasteiger partial charge in [0.2, 0.25) is 0 Å². The van der Waals surface area contributed by atoms with Crippen LogP contribution in [0.2, 0.25) is 0 Å². The minimum atomic E-state index is 0.890. The molecule has 0 fully saturated rings. The summed E-state index contributed by atoms with van der Waals surface area (Å²) >= 11 is 0. The lowest BCUT2D eigenvalue weighted by atomic mass is 10.0. The van der Waals surface area contributed by atoms with E-state index in [0.29, 0.717) is 0 Å². The Bertz CT molecular complexity index is 397. The molecule has 0 bridgehead atoms. The molecule has 0 atom stereocenters. The first-order valence-electron chi connectivity index (χ1n) is 6.68. The van der Waals surface area contributed by atoms with Crippen LogP contribution in [0.4, 0.5) is 0 Å². The van der Waals surface area contributed by atoms with E-state index in [9.17, 15) is 0 Å². The van der Waals surface area contributed by atoms with Crippen molar-refractivity contribution in [3.05, 3.63) is 34.9 Å². The van der Waals surface area contributed by atoms with Crippen LogP contribution < -0.4 is 10.6 Å².